The first-order valence-corrected chi connectivity index (χ1v) is 12.4. The molecule has 0 aromatic rings. The summed E-state index contributed by atoms with van der Waals surface area (Å²) >= 11 is 0. The molecule has 3 aliphatic carbocycles. The summed E-state index contributed by atoms with van der Waals surface area (Å²) in [6.45, 7) is 1.69. The Kier molecular flexibility index (Phi) is 7.23. The molecule has 10 N–H and O–H groups in total. The molecule has 3 saturated heterocycles. The van der Waals surface area contributed by atoms with Crippen molar-refractivity contribution in [1.29, 1.82) is 0 Å². The molecule has 3 saturated carbocycles. The van der Waals surface area contributed by atoms with E-state index in [4.69, 9.17) is 40.9 Å². The molecule has 6 fully saturated rings. The molecule has 196 valence electrons. The Morgan fingerprint density at radius 1 is 0.794 bits per heavy atom. The lowest BCUT2D eigenvalue weighted by Crippen LogP contribution is -2.69. The van der Waals surface area contributed by atoms with Crippen LogP contribution in [0.2, 0.25) is 0 Å². The van der Waals surface area contributed by atoms with Crippen molar-refractivity contribution in [2.75, 3.05) is 7.05 Å². The Hall–Kier alpha value is -0.480. The third-order valence-corrected chi connectivity index (χ3v) is 8.39. The molecule has 12 heteroatoms. The van der Waals surface area contributed by atoms with Crippen molar-refractivity contribution in [2.45, 2.75) is 118 Å². The zero-order valence-electron chi connectivity index (χ0n) is 19.7. The molecular formula is C22H40N4O8. The molecule has 9 unspecified atom stereocenters. The van der Waals surface area contributed by atoms with E-state index < -0.39 is 73.6 Å². The molecule has 0 aromatic heterocycles. The van der Waals surface area contributed by atoms with E-state index in [1.807, 2.05) is 0 Å². The van der Waals surface area contributed by atoms with Crippen molar-refractivity contribution in [3.8, 4) is 0 Å². The average Bonchev–Trinajstić information content (AvgIpc) is 2.77. The summed E-state index contributed by atoms with van der Waals surface area (Å²) in [5.74, 6) is 1.14. The van der Waals surface area contributed by atoms with E-state index >= 15 is 0 Å². The van der Waals surface area contributed by atoms with Crippen LogP contribution in [0.25, 0.3) is 0 Å². The number of fused-ring (bicyclic) bond motifs is 3. The molecule has 2 bridgehead atoms. The minimum absolute atomic E-state index is 0.0332. The van der Waals surface area contributed by atoms with Gasteiger partial charge in [0.1, 0.15) is 24.4 Å². The summed E-state index contributed by atoms with van der Waals surface area (Å²) in [6.07, 6.45) is -4.73. The largest absolute Gasteiger partial charge is 0.388 e. The van der Waals surface area contributed by atoms with Crippen molar-refractivity contribution in [1.82, 2.24) is 5.32 Å². The Morgan fingerprint density at radius 3 is 2.21 bits per heavy atom. The normalized spacial score (nSPS) is 57.5. The lowest BCUT2D eigenvalue weighted by atomic mass is 9.62. The predicted molar refractivity (Wildman–Crippen MR) is 118 cm³/mol. The number of likely N-dealkylation sites (N-methyl/N-ethyl adjacent to an activating group) is 1. The van der Waals surface area contributed by atoms with Crippen LogP contribution < -0.4 is 22.5 Å². The predicted octanol–water partition coefficient (Wildman–Crippen LogP) is -2.94. The van der Waals surface area contributed by atoms with Gasteiger partial charge in [-0.15, -0.1) is 0 Å². The van der Waals surface area contributed by atoms with E-state index in [1.54, 1.807) is 14.0 Å². The summed E-state index contributed by atoms with van der Waals surface area (Å²) in [5, 5.41) is 34.8. The highest BCUT2D eigenvalue weighted by Gasteiger charge is 2.54. The third-order valence-electron chi connectivity index (χ3n) is 8.39. The molecule has 3 aliphatic heterocycles. The van der Waals surface area contributed by atoms with Crippen molar-refractivity contribution in [3.63, 3.8) is 0 Å². The minimum Gasteiger partial charge on any atom is -0.388 e. The van der Waals surface area contributed by atoms with Crippen LogP contribution in [0.5, 0.6) is 0 Å². The highest BCUT2D eigenvalue weighted by atomic mass is 16.8. The molecule has 34 heavy (non-hydrogen) atoms. The van der Waals surface area contributed by atoms with Gasteiger partial charge in [0.25, 0.3) is 0 Å². The van der Waals surface area contributed by atoms with Gasteiger partial charge in [0.05, 0.1) is 36.4 Å². The van der Waals surface area contributed by atoms with Crippen LogP contribution in [0.4, 0.5) is 0 Å². The molecular weight excluding hydrogens is 448 g/mol. The highest BCUT2D eigenvalue weighted by molar-refractivity contribution is 5.01. The number of nitrogens with one attached hydrogen (secondary N) is 1. The monoisotopic (exact) mass is 488 g/mol. The van der Waals surface area contributed by atoms with Gasteiger partial charge in [-0.2, -0.15) is 0 Å². The van der Waals surface area contributed by atoms with Crippen LogP contribution in [0, 0.1) is 11.8 Å². The molecule has 0 radical (unpaired) electrons. The number of rotatable bonds is 5. The topological polar surface area (TPSA) is 197 Å². The Balaban J connectivity index is 1.24. The van der Waals surface area contributed by atoms with Crippen molar-refractivity contribution < 1.29 is 39.0 Å². The van der Waals surface area contributed by atoms with Gasteiger partial charge >= 0.3 is 0 Å². The fourth-order valence-corrected chi connectivity index (χ4v) is 6.25. The summed E-state index contributed by atoms with van der Waals surface area (Å²) in [7, 11) is 1.66. The zero-order valence-corrected chi connectivity index (χ0v) is 19.7. The second-order valence-electron chi connectivity index (χ2n) is 10.7. The SMILES string of the molecule is CNC1C(O[C@H]2OC(C)[C@@H](N)C(O)C2O)O[C@H]2CC(N)[C@@H](O[C@@H]3C(N)CC4CC3C4)OC2C1O. The van der Waals surface area contributed by atoms with Crippen LogP contribution in [0.1, 0.15) is 32.6 Å². The second kappa shape index (κ2) is 9.77. The van der Waals surface area contributed by atoms with Crippen molar-refractivity contribution in [2.24, 2.45) is 29.0 Å². The van der Waals surface area contributed by atoms with Crippen LogP contribution in [0.3, 0.4) is 0 Å². The van der Waals surface area contributed by atoms with Gasteiger partial charge in [0, 0.05) is 6.04 Å². The Labute approximate surface area is 199 Å². The minimum atomic E-state index is -1.37. The smallest absolute Gasteiger partial charge is 0.189 e. The highest BCUT2D eigenvalue weighted by Crippen LogP contribution is 2.47. The van der Waals surface area contributed by atoms with Gasteiger partial charge in [0.2, 0.25) is 0 Å². The van der Waals surface area contributed by atoms with Gasteiger partial charge in [-0.1, -0.05) is 0 Å². The summed E-state index contributed by atoms with van der Waals surface area (Å²) in [6, 6.07) is -1.95. The van der Waals surface area contributed by atoms with E-state index in [9.17, 15) is 15.3 Å². The first kappa shape index (κ1) is 25.2. The average molecular weight is 489 g/mol. The molecule has 14 atom stereocenters. The number of ether oxygens (including phenoxy) is 5. The lowest BCUT2D eigenvalue weighted by Gasteiger charge is -2.53. The molecule has 0 spiro atoms. The molecule has 6 aliphatic rings. The first-order chi connectivity index (χ1) is 16.2. The quantitative estimate of drug-likeness (QED) is 0.208. The number of hydrogen-bond acceptors (Lipinski definition) is 12. The zero-order chi connectivity index (χ0) is 24.3. The molecule has 12 nitrogen and oxygen atoms in total. The van der Waals surface area contributed by atoms with E-state index in [-0.39, 0.29) is 12.1 Å². The van der Waals surface area contributed by atoms with E-state index in [2.05, 4.69) is 5.32 Å². The first-order valence-electron chi connectivity index (χ1n) is 12.4. The van der Waals surface area contributed by atoms with Crippen LogP contribution in [-0.4, -0.2) is 108 Å². The number of aliphatic hydroxyl groups excluding tert-OH is 3. The van der Waals surface area contributed by atoms with Crippen LogP contribution in [0.15, 0.2) is 0 Å². The van der Waals surface area contributed by atoms with Crippen molar-refractivity contribution in [3.05, 3.63) is 0 Å². The number of hydrogen-bond donors (Lipinski definition) is 7. The van der Waals surface area contributed by atoms with Gasteiger partial charge in [-0.3, -0.25) is 0 Å². The third kappa shape index (κ3) is 4.42. The number of aliphatic hydroxyl groups is 3. The molecule has 6 rings (SSSR count). The maximum Gasteiger partial charge on any atom is 0.189 e. The number of nitrogens with two attached hydrogens (primary N) is 3. The summed E-state index contributed by atoms with van der Waals surface area (Å²) in [4.78, 5) is 0. The second-order valence-corrected chi connectivity index (χ2v) is 10.7. The van der Waals surface area contributed by atoms with Crippen molar-refractivity contribution >= 4 is 0 Å². The lowest BCUT2D eigenvalue weighted by molar-refractivity contribution is -0.371. The van der Waals surface area contributed by atoms with Crippen LogP contribution >= 0.6 is 0 Å². The Morgan fingerprint density at radius 2 is 1.53 bits per heavy atom. The van der Waals surface area contributed by atoms with Gasteiger partial charge < -0.3 is 61.5 Å². The van der Waals surface area contributed by atoms with Gasteiger partial charge in [-0.25, -0.2) is 0 Å². The summed E-state index contributed by atoms with van der Waals surface area (Å²) < 4.78 is 30.1. The van der Waals surface area contributed by atoms with Gasteiger partial charge in [-0.05, 0) is 51.5 Å². The molecule has 3 heterocycles. The molecule has 0 amide bonds. The molecule has 0 aromatic carbocycles. The Bertz CT molecular complexity index is 712. The standard InChI is InChI=1S/C22H40N4O8/c1-7-13(25)15(27)17(29)22(30-7)34-21-14(26-2)16(28)19-12(31-21)6-11(24)20(33-19)32-18-9-3-8(4-9)5-10(18)23/h7-22,26-29H,3-6,23-25H2,1-2H3/t7?,8?,9?,10?,11?,12-,13+,14?,15?,16?,17?,18-,19?,20-,21?,22+/m0/s1. The fraction of sp³-hybridized carbons (Fsp3) is 1.00. The van der Waals surface area contributed by atoms with E-state index in [1.165, 1.54) is 0 Å². The van der Waals surface area contributed by atoms with E-state index in [0.29, 0.717) is 18.3 Å². The van der Waals surface area contributed by atoms with Crippen LogP contribution in [-0.2, 0) is 23.7 Å². The van der Waals surface area contributed by atoms with E-state index in [0.717, 1.165) is 19.3 Å². The maximum absolute atomic E-state index is 11.2. The van der Waals surface area contributed by atoms with Gasteiger partial charge in [0.15, 0.2) is 18.9 Å². The summed E-state index contributed by atoms with van der Waals surface area (Å²) in [5.41, 5.74) is 18.6. The maximum atomic E-state index is 11.2. The fourth-order valence-electron chi connectivity index (χ4n) is 6.25.